The number of carboxylic acid groups (broad SMARTS) is 1. The highest BCUT2D eigenvalue weighted by Gasteiger charge is 2.37. The first-order chi connectivity index (χ1) is 9.91. The normalized spacial score (nSPS) is 21.8. The molecule has 21 heavy (non-hydrogen) atoms. The van der Waals surface area contributed by atoms with Gasteiger partial charge in [0.25, 0.3) is 0 Å². The number of thioether (sulfide) groups is 1. The molecule has 1 fully saturated rings. The number of aliphatic carboxylic acids is 1. The summed E-state index contributed by atoms with van der Waals surface area (Å²) >= 11 is 1.51. The highest BCUT2D eigenvalue weighted by atomic mass is 32.2. The van der Waals surface area contributed by atoms with Crippen LogP contribution in [-0.2, 0) is 15.3 Å². The van der Waals surface area contributed by atoms with E-state index in [9.17, 15) is 9.59 Å². The Kier molecular flexibility index (Phi) is 4.92. The van der Waals surface area contributed by atoms with Gasteiger partial charge in [0, 0.05) is 23.9 Å². The van der Waals surface area contributed by atoms with Gasteiger partial charge in [-0.15, -0.1) is 11.8 Å². The van der Waals surface area contributed by atoms with Gasteiger partial charge in [-0.25, -0.2) is 0 Å². The number of carbonyl (C=O) groups is 2. The second-order valence-electron chi connectivity index (χ2n) is 5.36. The number of carboxylic acids is 1. The smallest absolute Gasteiger partial charge is 0.308 e. The van der Waals surface area contributed by atoms with Crippen LogP contribution in [0.2, 0.25) is 0 Å². The quantitative estimate of drug-likeness (QED) is 0.893. The molecule has 1 aromatic rings. The SMILES string of the molecule is Cc1noc(C)c1CSCC(=O)N1CCC(C(=O)O)C1C. The van der Waals surface area contributed by atoms with E-state index in [1.807, 2.05) is 20.8 Å². The maximum Gasteiger partial charge on any atom is 0.308 e. The number of hydrogen-bond donors (Lipinski definition) is 1. The largest absolute Gasteiger partial charge is 0.481 e. The highest BCUT2D eigenvalue weighted by molar-refractivity contribution is 7.99. The van der Waals surface area contributed by atoms with Crippen molar-refractivity contribution in [2.45, 2.75) is 39.0 Å². The van der Waals surface area contributed by atoms with Crippen LogP contribution in [0.15, 0.2) is 4.52 Å². The van der Waals surface area contributed by atoms with Crippen LogP contribution < -0.4 is 0 Å². The molecule has 1 aliphatic rings. The first-order valence-corrected chi connectivity index (χ1v) is 8.09. The Morgan fingerprint density at radius 1 is 1.48 bits per heavy atom. The second-order valence-corrected chi connectivity index (χ2v) is 6.34. The van der Waals surface area contributed by atoms with Crippen LogP contribution in [0.4, 0.5) is 0 Å². The number of likely N-dealkylation sites (tertiary alicyclic amines) is 1. The van der Waals surface area contributed by atoms with Crippen molar-refractivity contribution < 1.29 is 19.2 Å². The van der Waals surface area contributed by atoms with Crippen molar-refractivity contribution in [2.24, 2.45) is 5.92 Å². The zero-order valence-electron chi connectivity index (χ0n) is 12.5. The standard InChI is InChI=1S/C14H20N2O4S/c1-8-12(10(3)20-15-8)6-21-7-13(17)16-5-4-11(9(16)2)14(18)19/h9,11H,4-7H2,1-3H3,(H,18,19). The van der Waals surface area contributed by atoms with Gasteiger partial charge in [0.15, 0.2) is 0 Å². The predicted molar refractivity (Wildman–Crippen MR) is 79.1 cm³/mol. The van der Waals surface area contributed by atoms with Crippen LogP contribution in [0.25, 0.3) is 0 Å². The van der Waals surface area contributed by atoms with Crippen molar-refractivity contribution in [1.29, 1.82) is 0 Å². The van der Waals surface area contributed by atoms with Crippen LogP contribution in [0.3, 0.4) is 0 Å². The van der Waals surface area contributed by atoms with Crippen molar-refractivity contribution in [3.05, 3.63) is 17.0 Å². The second kappa shape index (κ2) is 6.51. The van der Waals surface area contributed by atoms with Gasteiger partial charge in [0.1, 0.15) is 5.76 Å². The van der Waals surface area contributed by atoms with Crippen molar-refractivity contribution >= 4 is 23.6 Å². The molecule has 2 unspecified atom stereocenters. The first-order valence-electron chi connectivity index (χ1n) is 6.93. The van der Waals surface area contributed by atoms with E-state index in [1.54, 1.807) is 4.90 Å². The summed E-state index contributed by atoms with van der Waals surface area (Å²) in [5.41, 5.74) is 1.89. The summed E-state index contributed by atoms with van der Waals surface area (Å²) in [6, 6.07) is -0.227. The molecular formula is C14H20N2O4S. The average molecular weight is 312 g/mol. The van der Waals surface area contributed by atoms with E-state index in [0.29, 0.717) is 24.5 Å². The summed E-state index contributed by atoms with van der Waals surface area (Å²) in [4.78, 5) is 24.9. The number of hydrogen-bond acceptors (Lipinski definition) is 5. The van der Waals surface area contributed by atoms with Gasteiger partial charge in [-0.1, -0.05) is 5.16 Å². The molecule has 2 rings (SSSR count). The van der Waals surface area contributed by atoms with E-state index in [0.717, 1.165) is 17.0 Å². The third-order valence-electron chi connectivity index (χ3n) is 4.05. The third kappa shape index (κ3) is 3.40. The number of amides is 1. The van der Waals surface area contributed by atoms with Crippen LogP contribution in [0.1, 0.15) is 30.4 Å². The van der Waals surface area contributed by atoms with Gasteiger partial charge >= 0.3 is 5.97 Å². The fourth-order valence-electron chi connectivity index (χ4n) is 2.65. The molecule has 0 radical (unpaired) electrons. The van der Waals surface area contributed by atoms with Crippen molar-refractivity contribution in [3.63, 3.8) is 0 Å². The van der Waals surface area contributed by atoms with Crippen molar-refractivity contribution in [1.82, 2.24) is 10.1 Å². The highest BCUT2D eigenvalue weighted by Crippen LogP contribution is 2.26. The molecule has 6 nitrogen and oxygen atoms in total. The predicted octanol–water partition coefficient (Wildman–Crippen LogP) is 1.85. The number of nitrogens with zero attached hydrogens (tertiary/aromatic N) is 2. The Bertz CT molecular complexity index is 524. The summed E-state index contributed by atoms with van der Waals surface area (Å²) in [6.07, 6.45) is 0.538. The molecule has 1 saturated heterocycles. The topological polar surface area (TPSA) is 83.6 Å². The lowest BCUT2D eigenvalue weighted by molar-refractivity contribution is -0.142. The summed E-state index contributed by atoms with van der Waals surface area (Å²) < 4.78 is 5.09. The number of rotatable bonds is 5. The maximum absolute atomic E-state index is 12.2. The molecule has 7 heteroatoms. The third-order valence-corrected chi connectivity index (χ3v) is 4.99. The lowest BCUT2D eigenvalue weighted by atomic mass is 10.0. The van der Waals surface area contributed by atoms with E-state index in [1.165, 1.54) is 11.8 Å². The summed E-state index contributed by atoms with van der Waals surface area (Å²) in [6.45, 7) is 6.08. The molecule has 2 atom stereocenters. The zero-order valence-corrected chi connectivity index (χ0v) is 13.3. The van der Waals surface area contributed by atoms with Gasteiger partial charge in [0.05, 0.1) is 17.4 Å². The van der Waals surface area contributed by atoms with Crippen LogP contribution >= 0.6 is 11.8 Å². The van der Waals surface area contributed by atoms with E-state index in [4.69, 9.17) is 9.63 Å². The van der Waals surface area contributed by atoms with E-state index in [-0.39, 0.29) is 11.9 Å². The van der Waals surface area contributed by atoms with Crippen molar-refractivity contribution in [3.8, 4) is 0 Å². The average Bonchev–Trinajstić information content (AvgIpc) is 2.95. The summed E-state index contributed by atoms with van der Waals surface area (Å²) in [7, 11) is 0. The van der Waals surface area contributed by atoms with E-state index >= 15 is 0 Å². The maximum atomic E-state index is 12.2. The van der Waals surface area contributed by atoms with Gasteiger partial charge in [0.2, 0.25) is 5.91 Å². The van der Waals surface area contributed by atoms with Gasteiger partial charge < -0.3 is 14.5 Å². The summed E-state index contributed by atoms with van der Waals surface area (Å²) in [5, 5.41) is 13.0. The monoisotopic (exact) mass is 312 g/mol. The molecule has 116 valence electrons. The Morgan fingerprint density at radius 3 is 2.71 bits per heavy atom. The lowest BCUT2D eigenvalue weighted by Gasteiger charge is -2.23. The first kappa shape index (κ1) is 15.9. The van der Waals surface area contributed by atoms with Crippen LogP contribution in [0.5, 0.6) is 0 Å². The lowest BCUT2D eigenvalue weighted by Crippen LogP contribution is -2.38. The molecule has 0 spiro atoms. The molecule has 1 amide bonds. The van der Waals surface area contributed by atoms with E-state index in [2.05, 4.69) is 5.16 Å². The molecular weight excluding hydrogens is 292 g/mol. The Labute approximate surface area is 127 Å². The number of carbonyl (C=O) groups excluding carboxylic acids is 1. The van der Waals surface area contributed by atoms with Gasteiger partial charge in [-0.2, -0.15) is 0 Å². The molecule has 0 aliphatic carbocycles. The molecule has 0 aromatic carbocycles. The minimum absolute atomic E-state index is 0.00279. The zero-order chi connectivity index (χ0) is 15.6. The van der Waals surface area contributed by atoms with Crippen LogP contribution in [-0.4, -0.2) is 45.4 Å². The Hall–Kier alpha value is -1.50. The molecule has 1 N–H and O–H groups in total. The van der Waals surface area contributed by atoms with E-state index < -0.39 is 11.9 Å². The van der Waals surface area contributed by atoms with Crippen LogP contribution in [0, 0.1) is 19.8 Å². The van der Waals surface area contributed by atoms with Gasteiger partial charge in [-0.3, -0.25) is 9.59 Å². The number of aryl methyl sites for hydroxylation is 2. The summed E-state index contributed by atoms with van der Waals surface area (Å²) in [5.74, 6) is 0.553. The fraction of sp³-hybridized carbons (Fsp3) is 0.643. The van der Waals surface area contributed by atoms with Crippen molar-refractivity contribution in [2.75, 3.05) is 12.3 Å². The molecule has 2 heterocycles. The Balaban J connectivity index is 1.84. The molecule has 1 aliphatic heterocycles. The minimum atomic E-state index is -0.818. The Morgan fingerprint density at radius 2 is 2.19 bits per heavy atom. The number of aromatic nitrogens is 1. The molecule has 0 saturated carbocycles. The van der Waals surface area contributed by atoms with Gasteiger partial charge in [-0.05, 0) is 27.2 Å². The minimum Gasteiger partial charge on any atom is -0.481 e. The molecule has 1 aromatic heterocycles. The molecule has 0 bridgehead atoms. The fourth-order valence-corrected chi connectivity index (χ4v) is 3.71.